The molecule has 0 spiro atoms. The summed E-state index contributed by atoms with van der Waals surface area (Å²) in [6.45, 7) is 7.54. The van der Waals surface area contributed by atoms with E-state index in [-0.39, 0.29) is 36.4 Å². The average molecular weight is 460 g/mol. The smallest absolute Gasteiger partial charge is 0.336 e. The number of carbonyl (C=O) groups is 3. The van der Waals surface area contributed by atoms with Crippen LogP contribution < -0.4 is 5.32 Å². The minimum absolute atomic E-state index is 0.00846. The normalized spacial score (nSPS) is 22.8. The number of carbonyl (C=O) groups excluding carboxylic acids is 3. The molecular formula is C25H30FNO6. The molecule has 0 aromatic heterocycles. The van der Waals surface area contributed by atoms with Crippen LogP contribution in [-0.4, -0.2) is 44.1 Å². The van der Waals surface area contributed by atoms with Gasteiger partial charge in [-0.3, -0.25) is 9.59 Å². The molecule has 1 aromatic rings. The summed E-state index contributed by atoms with van der Waals surface area (Å²) in [6, 6.07) is 5.77. The second kappa shape index (κ2) is 10.3. The number of Topliss-reactive ketones (excluding diaryl/α,β-unsaturated/α-hetero) is 1. The minimum Gasteiger partial charge on any atom is -0.468 e. The summed E-state index contributed by atoms with van der Waals surface area (Å²) in [5.74, 6) is -4.35. The summed E-state index contributed by atoms with van der Waals surface area (Å²) in [5.41, 5.74) is 2.05. The van der Waals surface area contributed by atoms with Gasteiger partial charge < -0.3 is 19.5 Å². The number of hydrogen-bond acceptors (Lipinski definition) is 7. The summed E-state index contributed by atoms with van der Waals surface area (Å²) in [6.07, 6.45) is 0.403. The number of hydrogen-bond donors (Lipinski definition) is 1. The largest absolute Gasteiger partial charge is 0.468 e. The van der Waals surface area contributed by atoms with Gasteiger partial charge in [-0.25, -0.2) is 9.18 Å². The van der Waals surface area contributed by atoms with Gasteiger partial charge in [0.2, 0.25) is 0 Å². The van der Waals surface area contributed by atoms with Crippen molar-refractivity contribution in [2.24, 2.45) is 11.8 Å². The van der Waals surface area contributed by atoms with Crippen LogP contribution in [0.15, 0.2) is 46.8 Å². The maximum Gasteiger partial charge on any atom is 0.336 e. The predicted octanol–water partition coefficient (Wildman–Crippen LogP) is 3.41. The van der Waals surface area contributed by atoms with Crippen molar-refractivity contribution in [3.63, 3.8) is 0 Å². The van der Waals surface area contributed by atoms with Crippen LogP contribution in [0.25, 0.3) is 0 Å². The van der Waals surface area contributed by atoms with Gasteiger partial charge in [-0.05, 0) is 50.8 Å². The lowest BCUT2D eigenvalue weighted by atomic mass is 9.69. The molecule has 0 fully saturated rings. The molecule has 0 bridgehead atoms. The van der Waals surface area contributed by atoms with Crippen molar-refractivity contribution in [2.45, 2.75) is 46.1 Å². The van der Waals surface area contributed by atoms with Crippen molar-refractivity contribution >= 4 is 17.7 Å². The lowest BCUT2D eigenvalue weighted by Crippen LogP contribution is -2.43. The molecule has 3 atom stereocenters. The van der Waals surface area contributed by atoms with Gasteiger partial charge in [0.1, 0.15) is 18.3 Å². The Kier molecular flexibility index (Phi) is 7.68. The SMILES string of the molecule is COC(=O)[C@H]1C(=O)C2=C(C[C@@H]1C)NC(C)=C(C(=O)OCCOC(C)C)[C@@H]2c1cccc(F)c1. The van der Waals surface area contributed by atoms with E-state index in [0.29, 0.717) is 23.4 Å². The third-order valence-corrected chi connectivity index (χ3v) is 5.91. The van der Waals surface area contributed by atoms with Crippen molar-refractivity contribution in [3.05, 3.63) is 58.2 Å². The second-order valence-electron chi connectivity index (χ2n) is 8.65. The van der Waals surface area contributed by atoms with E-state index in [9.17, 15) is 18.8 Å². The predicted molar refractivity (Wildman–Crippen MR) is 118 cm³/mol. The summed E-state index contributed by atoms with van der Waals surface area (Å²) in [7, 11) is 1.24. The van der Waals surface area contributed by atoms with E-state index in [1.807, 2.05) is 13.8 Å². The fraction of sp³-hybridized carbons (Fsp3) is 0.480. The fourth-order valence-corrected chi connectivity index (χ4v) is 4.47. The van der Waals surface area contributed by atoms with Crippen molar-refractivity contribution in [1.82, 2.24) is 5.32 Å². The monoisotopic (exact) mass is 459 g/mol. The standard InChI is InChI=1S/C25H30FNO6/c1-13(2)32-9-10-33-25(30)20-15(4)27-18-11-14(3)19(24(29)31-5)23(28)22(18)21(20)16-7-6-8-17(26)12-16/h6-8,12-14,19,21,27H,9-11H2,1-5H3/t14-,19+,21-/m0/s1. The molecule has 1 N–H and O–H groups in total. The molecule has 0 saturated heterocycles. The molecular weight excluding hydrogens is 429 g/mol. The molecule has 178 valence electrons. The van der Waals surface area contributed by atoms with Gasteiger partial charge in [0.15, 0.2) is 5.78 Å². The Bertz CT molecular complexity index is 1010. The van der Waals surface area contributed by atoms with Crippen molar-refractivity contribution in [2.75, 3.05) is 20.3 Å². The molecule has 1 aromatic carbocycles. The molecule has 0 saturated carbocycles. The molecule has 33 heavy (non-hydrogen) atoms. The minimum atomic E-state index is -0.998. The fourth-order valence-electron chi connectivity index (χ4n) is 4.47. The first kappa shape index (κ1) is 24.6. The van der Waals surface area contributed by atoms with Gasteiger partial charge >= 0.3 is 11.9 Å². The topological polar surface area (TPSA) is 90.9 Å². The molecule has 3 rings (SSSR count). The molecule has 7 nitrogen and oxygen atoms in total. The number of ether oxygens (including phenoxy) is 3. The molecule has 0 radical (unpaired) electrons. The Balaban J connectivity index is 2.04. The molecule has 8 heteroatoms. The van der Waals surface area contributed by atoms with Crippen LogP contribution in [0.3, 0.4) is 0 Å². The third kappa shape index (κ3) is 5.16. The lowest BCUT2D eigenvalue weighted by Gasteiger charge is -2.38. The maximum absolute atomic E-state index is 14.2. The Labute approximate surface area is 193 Å². The Morgan fingerprint density at radius 1 is 1.24 bits per heavy atom. The first-order chi connectivity index (χ1) is 15.6. The van der Waals surface area contributed by atoms with E-state index < -0.39 is 35.4 Å². The highest BCUT2D eigenvalue weighted by molar-refractivity contribution is 6.12. The summed E-state index contributed by atoms with van der Waals surface area (Å²) < 4.78 is 29.9. The van der Waals surface area contributed by atoms with Gasteiger partial charge in [-0.2, -0.15) is 0 Å². The zero-order valence-corrected chi connectivity index (χ0v) is 19.6. The van der Waals surface area contributed by atoms with E-state index in [4.69, 9.17) is 14.2 Å². The number of ketones is 1. The number of rotatable bonds is 7. The molecule has 1 heterocycles. The van der Waals surface area contributed by atoms with Crippen LogP contribution in [0.5, 0.6) is 0 Å². The van der Waals surface area contributed by atoms with Crippen LogP contribution in [0.2, 0.25) is 0 Å². The average Bonchev–Trinajstić information content (AvgIpc) is 2.75. The number of dihydropyridines is 1. The molecule has 0 unspecified atom stereocenters. The van der Waals surface area contributed by atoms with Gasteiger partial charge in [0, 0.05) is 22.9 Å². The Hall–Kier alpha value is -3.00. The Morgan fingerprint density at radius 3 is 2.61 bits per heavy atom. The highest BCUT2D eigenvalue weighted by Crippen LogP contribution is 2.45. The second-order valence-corrected chi connectivity index (χ2v) is 8.65. The highest BCUT2D eigenvalue weighted by Gasteiger charge is 2.47. The first-order valence-corrected chi connectivity index (χ1v) is 11.0. The number of nitrogens with one attached hydrogen (secondary N) is 1. The van der Waals surface area contributed by atoms with Gasteiger partial charge in [-0.1, -0.05) is 19.1 Å². The van der Waals surface area contributed by atoms with Crippen molar-refractivity contribution < 1.29 is 33.0 Å². The summed E-state index contributed by atoms with van der Waals surface area (Å²) in [4.78, 5) is 39.1. The zero-order valence-electron chi connectivity index (χ0n) is 19.6. The zero-order chi connectivity index (χ0) is 24.3. The summed E-state index contributed by atoms with van der Waals surface area (Å²) >= 11 is 0. The van der Waals surface area contributed by atoms with E-state index in [1.54, 1.807) is 19.9 Å². The van der Waals surface area contributed by atoms with Crippen LogP contribution in [0.1, 0.15) is 45.6 Å². The Morgan fingerprint density at radius 2 is 1.97 bits per heavy atom. The van der Waals surface area contributed by atoms with Crippen LogP contribution in [0, 0.1) is 17.7 Å². The van der Waals surface area contributed by atoms with E-state index >= 15 is 0 Å². The van der Waals surface area contributed by atoms with Crippen molar-refractivity contribution in [3.8, 4) is 0 Å². The van der Waals surface area contributed by atoms with Crippen LogP contribution in [0.4, 0.5) is 4.39 Å². The van der Waals surface area contributed by atoms with Crippen molar-refractivity contribution in [1.29, 1.82) is 0 Å². The summed E-state index contributed by atoms with van der Waals surface area (Å²) in [5, 5.41) is 3.17. The molecule has 2 aliphatic rings. The first-order valence-electron chi connectivity index (χ1n) is 11.0. The van der Waals surface area contributed by atoms with Crippen LogP contribution in [-0.2, 0) is 28.6 Å². The maximum atomic E-state index is 14.2. The molecule has 1 aliphatic carbocycles. The van der Waals surface area contributed by atoms with E-state index in [2.05, 4.69) is 5.32 Å². The van der Waals surface area contributed by atoms with Gasteiger partial charge in [-0.15, -0.1) is 0 Å². The lowest BCUT2D eigenvalue weighted by molar-refractivity contribution is -0.151. The molecule has 1 aliphatic heterocycles. The highest BCUT2D eigenvalue weighted by atomic mass is 19.1. The quantitative estimate of drug-likeness (QED) is 0.380. The van der Waals surface area contributed by atoms with Crippen LogP contribution >= 0.6 is 0 Å². The number of allylic oxidation sites excluding steroid dienone is 3. The number of benzene rings is 1. The van der Waals surface area contributed by atoms with E-state index in [1.165, 1.54) is 25.3 Å². The van der Waals surface area contributed by atoms with Gasteiger partial charge in [0.25, 0.3) is 0 Å². The van der Waals surface area contributed by atoms with E-state index in [0.717, 1.165) is 0 Å². The van der Waals surface area contributed by atoms with Gasteiger partial charge in [0.05, 0.1) is 25.4 Å². The third-order valence-electron chi connectivity index (χ3n) is 5.91. The molecule has 0 amide bonds. The number of halogens is 1. The number of methoxy groups -OCH3 is 1. The number of esters is 2.